The molecule has 0 saturated carbocycles. The molecule has 0 aromatic carbocycles. The summed E-state index contributed by atoms with van der Waals surface area (Å²) in [6, 6.07) is 3.06. The first-order chi connectivity index (χ1) is 9.35. The predicted octanol–water partition coefficient (Wildman–Crippen LogP) is 0.865. The van der Waals surface area contributed by atoms with Gasteiger partial charge >= 0.3 is 6.18 Å². The number of amides is 1. The first-order valence-electron chi connectivity index (χ1n) is 6.15. The second-order valence-electron chi connectivity index (χ2n) is 4.65. The highest BCUT2D eigenvalue weighted by atomic mass is 19.4. The first-order valence-corrected chi connectivity index (χ1v) is 6.15. The average Bonchev–Trinajstić information content (AvgIpc) is 2.38. The molecule has 1 fully saturated rings. The molecule has 2 rings (SSSR count). The number of carbonyl (C=O) groups is 1. The van der Waals surface area contributed by atoms with Gasteiger partial charge < -0.3 is 10.6 Å². The maximum absolute atomic E-state index is 12.3. The van der Waals surface area contributed by atoms with Crippen molar-refractivity contribution in [2.75, 3.05) is 37.6 Å². The van der Waals surface area contributed by atoms with Crippen molar-refractivity contribution >= 4 is 11.7 Å². The number of nitrogens with zero attached hydrogens (tertiary/aromatic N) is 3. The fourth-order valence-corrected chi connectivity index (χ4v) is 2.13. The smallest absolute Gasteiger partial charge is 0.366 e. The fraction of sp³-hybridized carbons (Fsp3) is 0.500. The number of hydrogen-bond acceptors (Lipinski definition) is 4. The standard InChI is InChI=1S/C12H15F3N4O/c13-12(14,15)8-18-3-5-19(6-4-18)10-7-9(11(16)20)1-2-17-10/h1-2,7H,3-6,8H2,(H2,16,20). The van der Waals surface area contributed by atoms with E-state index in [-0.39, 0.29) is 0 Å². The van der Waals surface area contributed by atoms with Crippen molar-refractivity contribution in [1.29, 1.82) is 0 Å². The van der Waals surface area contributed by atoms with Gasteiger partial charge in [0.25, 0.3) is 0 Å². The second-order valence-corrected chi connectivity index (χ2v) is 4.65. The third-order valence-corrected chi connectivity index (χ3v) is 3.13. The van der Waals surface area contributed by atoms with Gasteiger partial charge in [-0.25, -0.2) is 4.98 Å². The molecule has 1 aromatic rings. The van der Waals surface area contributed by atoms with Crippen LogP contribution < -0.4 is 10.6 Å². The lowest BCUT2D eigenvalue weighted by Crippen LogP contribution is -2.49. The lowest BCUT2D eigenvalue weighted by molar-refractivity contribution is -0.146. The SMILES string of the molecule is NC(=O)c1ccnc(N2CCN(CC(F)(F)F)CC2)c1. The number of nitrogens with two attached hydrogens (primary N) is 1. The summed E-state index contributed by atoms with van der Waals surface area (Å²) in [5.41, 5.74) is 5.53. The lowest BCUT2D eigenvalue weighted by atomic mass is 10.2. The van der Waals surface area contributed by atoms with E-state index >= 15 is 0 Å². The molecule has 2 heterocycles. The molecule has 0 unspecified atom stereocenters. The van der Waals surface area contributed by atoms with Crippen LogP contribution in [0, 0.1) is 0 Å². The molecule has 0 radical (unpaired) electrons. The Hall–Kier alpha value is -1.83. The highest BCUT2D eigenvalue weighted by Crippen LogP contribution is 2.19. The minimum atomic E-state index is -4.17. The van der Waals surface area contributed by atoms with Gasteiger partial charge in [0.1, 0.15) is 5.82 Å². The molecule has 110 valence electrons. The number of piperazine rings is 1. The molecule has 5 nitrogen and oxygen atoms in total. The van der Waals surface area contributed by atoms with E-state index in [1.165, 1.54) is 17.2 Å². The molecule has 1 amide bonds. The second kappa shape index (κ2) is 5.66. The van der Waals surface area contributed by atoms with Crippen LogP contribution in [0.1, 0.15) is 10.4 Å². The maximum atomic E-state index is 12.3. The highest BCUT2D eigenvalue weighted by Gasteiger charge is 2.32. The molecule has 2 N–H and O–H groups in total. The normalized spacial score (nSPS) is 17.2. The Morgan fingerprint density at radius 3 is 2.50 bits per heavy atom. The largest absolute Gasteiger partial charge is 0.401 e. The van der Waals surface area contributed by atoms with Crippen LogP contribution in [0.4, 0.5) is 19.0 Å². The molecule has 0 atom stereocenters. The van der Waals surface area contributed by atoms with Crippen LogP contribution in [0.15, 0.2) is 18.3 Å². The van der Waals surface area contributed by atoms with E-state index in [2.05, 4.69) is 4.98 Å². The van der Waals surface area contributed by atoms with E-state index in [1.54, 1.807) is 6.07 Å². The number of rotatable bonds is 3. The van der Waals surface area contributed by atoms with Gasteiger partial charge in [-0.1, -0.05) is 0 Å². The number of primary amides is 1. The van der Waals surface area contributed by atoms with Crippen LogP contribution in [0.2, 0.25) is 0 Å². The summed E-state index contributed by atoms with van der Waals surface area (Å²) < 4.78 is 36.8. The van der Waals surface area contributed by atoms with Gasteiger partial charge in [-0.2, -0.15) is 13.2 Å². The van der Waals surface area contributed by atoms with E-state index in [0.29, 0.717) is 37.6 Å². The molecule has 20 heavy (non-hydrogen) atoms. The molecule has 0 aliphatic carbocycles. The Bertz CT molecular complexity index is 484. The number of aromatic nitrogens is 1. The van der Waals surface area contributed by atoms with E-state index in [1.807, 2.05) is 4.90 Å². The molecule has 1 aliphatic heterocycles. The zero-order chi connectivity index (χ0) is 14.8. The number of alkyl halides is 3. The monoisotopic (exact) mass is 288 g/mol. The minimum absolute atomic E-state index is 0.308. The minimum Gasteiger partial charge on any atom is -0.366 e. The van der Waals surface area contributed by atoms with Gasteiger partial charge in [0.2, 0.25) is 5.91 Å². The molecule has 1 aliphatic rings. The Morgan fingerprint density at radius 2 is 1.95 bits per heavy atom. The summed E-state index contributed by atoms with van der Waals surface area (Å²) in [7, 11) is 0. The van der Waals surface area contributed by atoms with Gasteiger partial charge in [0.15, 0.2) is 0 Å². The molecule has 0 bridgehead atoms. The Kier molecular flexibility index (Phi) is 4.12. The van der Waals surface area contributed by atoms with Crippen molar-refractivity contribution in [2.45, 2.75) is 6.18 Å². The summed E-state index contributed by atoms with van der Waals surface area (Å²) in [6.07, 6.45) is -2.70. The molecular formula is C12H15F3N4O. The molecule has 1 saturated heterocycles. The van der Waals surface area contributed by atoms with Crippen molar-refractivity contribution in [3.63, 3.8) is 0 Å². The van der Waals surface area contributed by atoms with Crippen LogP contribution in [0.3, 0.4) is 0 Å². The van der Waals surface area contributed by atoms with E-state index < -0.39 is 18.6 Å². The predicted molar refractivity (Wildman–Crippen MR) is 67.5 cm³/mol. The Labute approximate surface area is 114 Å². The van der Waals surface area contributed by atoms with E-state index in [9.17, 15) is 18.0 Å². The molecule has 1 aromatic heterocycles. The van der Waals surface area contributed by atoms with E-state index in [4.69, 9.17) is 5.73 Å². The highest BCUT2D eigenvalue weighted by molar-refractivity contribution is 5.93. The summed E-state index contributed by atoms with van der Waals surface area (Å²) in [5, 5.41) is 0. The van der Waals surface area contributed by atoms with Crippen LogP contribution in [0.25, 0.3) is 0 Å². The first kappa shape index (κ1) is 14.6. The third-order valence-electron chi connectivity index (χ3n) is 3.13. The number of pyridine rings is 1. The Balaban J connectivity index is 1.97. The zero-order valence-electron chi connectivity index (χ0n) is 10.7. The van der Waals surface area contributed by atoms with Gasteiger partial charge in [-0.3, -0.25) is 9.69 Å². The summed E-state index contributed by atoms with van der Waals surface area (Å²) in [6.45, 7) is 0.593. The number of anilines is 1. The quantitative estimate of drug-likeness (QED) is 0.896. The topological polar surface area (TPSA) is 62.5 Å². The average molecular weight is 288 g/mol. The molecule has 8 heteroatoms. The van der Waals surface area contributed by atoms with Crippen LogP contribution in [0.5, 0.6) is 0 Å². The summed E-state index contributed by atoms with van der Waals surface area (Å²) >= 11 is 0. The Morgan fingerprint density at radius 1 is 1.30 bits per heavy atom. The maximum Gasteiger partial charge on any atom is 0.401 e. The van der Waals surface area contributed by atoms with Gasteiger partial charge in [0, 0.05) is 37.9 Å². The zero-order valence-corrected chi connectivity index (χ0v) is 10.7. The molecular weight excluding hydrogens is 273 g/mol. The molecule has 0 spiro atoms. The number of hydrogen-bond donors (Lipinski definition) is 1. The fourth-order valence-electron chi connectivity index (χ4n) is 2.13. The number of halogens is 3. The third kappa shape index (κ3) is 3.83. The number of carbonyl (C=O) groups excluding carboxylic acids is 1. The summed E-state index contributed by atoms with van der Waals surface area (Å²) in [5.74, 6) is 0.0114. The van der Waals surface area contributed by atoms with Crippen LogP contribution >= 0.6 is 0 Å². The lowest BCUT2D eigenvalue weighted by Gasteiger charge is -2.35. The van der Waals surface area contributed by atoms with Crippen molar-refractivity contribution in [2.24, 2.45) is 5.73 Å². The van der Waals surface area contributed by atoms with Crippen LogP contribution in [-0.2, 0) is 0 Å². The van der Waals surface area contributed by atoms with Crippen LogP contribution in [-0.4, -0.2) is 54.7 Å². The van der Waals surface area contributed by atoms with Crippen molar-refractivity contribution in [3.8, 4) is 0 Å². The van der Waals surface area contributed by atoms with Gasteiger partial charge in [-0.05, 0) is 12.1 Å². The van der Waals surface area contributed by atoms with Gasteiger partial charge in [0.05, 0.1) is 6.54 Å². The van der Waals surface area contributed by atoms with Crippen molar-refractivity contribution in [3.05, 3.63) is 23.9 Å². The van der Waals surface area contributed by atoms with Gasteiger partial charge in [-0.15, -0.1) is 0 Å². The summed E-state index contributed by atoms with van der Waals surface area (Å²) in [4.78, 5) is 18.4. The van der Waals surface area contributed by atoms with Crippen molar-refractivity contribution in [1.82, 2.24) is 9.88 Å². The van der Waals surface area contributed by atoms with Crippen molar-refractivity contribution < 1.29 is 18.0 Å². The van der Waals surface area contributed by atoms with E-state index in [0.717, 1.165) is 0 Å².